The van der Waals surface area contributed by atoms with Gasteiger partial charge >= 0.3 is 0 Å². The summed E-state index contributed by atoms with van der Waals surface area (Å²) in [6, 6.07) is 0. The summed E-state index contributed by atoms with van der Waals surface area (Å²) >= 11 is 5.99. The van der Waals surface area contributed by atoms with Crippen LogP contribution in [0.25, 0.3) is 0 Å². The van der Waals surface area contributed by atoms with Crippen molar-refractivity contribution in [2.24, 2.45) is 0 Å². The first-order chi connectivity index (χ1) is 6.60. The first kappa shape index (κ1) is 11.4. The monoisotopic (exact) mass is 214 g/mol. The lowest BCUT2D eigenvalue weighted by atomic mass is 10.2. The Morgan fingerprint density at radius 1 is 1.43 bits per heavy atom. The zero-order chi connectivity index (χ0) is 10.7. The van der Waals surface area contributed by atoms with Gasteiger partial charge in [-0.05, 0) is 20.3 Å². The van der Waals surface area contributed by atoms with Gasteiger partial charge in [-0.1, -0.05) is 18.5 Å². The van der Waals surface area contributed by atoms with Crippen LogP contribution in [0.3, 0.4) is 0 Å². The van der Waals surface area contributed by atoms with Crippen molar-refractivity contribution in [3.05, 3.63) is 22.2 Å². The molecule has 0 aliphatic rings. The molecule has 1 heterocycles. The molecule has 0 fully saturated rings. The fourth-order valence-corrected chi connectivity index (χ4v) is 1.38. The second kappa shape index (κ2) is 4.71. The lowest BCUT2D eigenvalue weighted by Crippen LogP contribution is -2.07. The molecule has 1 atom stereocenters. The number of methoxy groups -OCH3 is 1. The van der Waals surface area contributed by atoms with Crippen molar-refractivity contribution in [3.63, 3.8) is 0 Å². The van der Waals surface area contributed by atoms with E-state index in [1.807, 2.05) is 20.8 Å². The zero-order valence-corrected chi connectivity index (χ0v) is 9.72. The fraction of sp³-hybridized carbons (Fsp3) is 0.600. The van der Waals surface area contributed by atoms with E-state index in [4.69, 9.17) is 16.3 Å². The van der Waals surface area contributed by atoms with Crippen molar-refractivity contribution < 1.29 is 4.74 Å². The summed E-state index contributed by atoms with van der Waals surface area (Å²) in [6.45, 7) is 5.88. The third-order valence-corrected chi connectivity index (χ3v) is 2.62. The van der Waals surface area contributed by atoms with Crippen molar-refractivity contribution in [3.8, 4) is 0 Å². The highest BCUT2D eigenvalue weighted by atomic mass is 35.5. The first-order valence-corrected chi connectivity index (χ1v) is 5.03. The van der Waals surface area contributed by atoms with E-state index in [0.717, 1.165) is 17.7 Å². The van der Waals surface area contributed by atoms with E-state index >= 15 is 0 Å². The Hall–Kier alpha value is -0.670. The van der Waals surface area contributed by atoms with Crippen LogP contribution in [0.2, 0.25) is 5.15 Å². The highest BCUT2D eigenvalue weighted by molar-refractivity contribution is 6.30. The molecule has 1 aromatic rings. The molecule has 1 aromatic heterocycles. The minimum absolute atomic E-state index is 0.113. The van der Waals surface area contributed by atoms with Crippen LogP contribution in [0, 0.1) is 6.92 Å². The SMILES string of the molecule is CCc1nc(C(C)OC)nc(Cl)c1C. The summed E-state index contributed by atoms with van der Waals surface area (Å²) in [5, 5.41) is 0.524. The average molecular weight is 215 g/mol. The fourth-order valence-electron chi connectivity index (χ4n) is 1.18. The van der Waals surface area contributed by atoms with Crippen LogP contribution in [-0.4, -0.2) is 17.1 Å². The van der Waals surface area contributed by atoms with Crippen LogP contribution in [0.5, 0.6) is 0 Å². The van der Waals surface area contributed by atoms with Gasteiger partial charge in [0, 0.05) is 18.4 Å². The highest BCUT2D eigenvalue weighted by Crippen LogP contribution is 2.20. The third kappa shape index (κ3) is 2.22. The standard InChI is InChI=1S/C10H15ClN2O/c1-5-8-6(2)9(11)13-10(12-8)7(3)14-4/h7H,5H2,1-4H3. The first-order valence-electron chi connectivity index (χ1n) is 4.65. The maximum absolute atomic E-state index is 5.99. The molecule has 0 aliphatic heterocycles. The van der Waals surface area contributed by atoms with Gasteiger partial charge in [-0.2, -0.15) is 0 Å². The number of ether oxygens (including phenoxy) is 1. The van der Waals surface area contributed by atoms with Crippen molar-refractivity contribution in [1.82, 2.24) is 9.97 Å². The molecule has 0 saturated heterocycles. The summed E-state index contributed by atoms with van der Waals surface area (Å²) in [5.74, 6) is 0.653. The van der Waals surface area contributed by atoms with Crippen LogP contribution in [0.15, 0.2) is 0 Å². The molecule has 1 unspecified atom stereocenters. The van der Waals surface area contributed by atoms with Gasteiger partial charge in [-0.15, -0.1) is 0 Å². The van der Waals surface area contributed by atoms with E-state index in [0.29, 0.717) is 11.0 Å². The van der Waals surface area contributed by atoms with Crippen molar-refractivity contribution >= 4 is 11.6 Å². The minimum Gasteiger partial charge on any atom is -0.374 e. The van der Waals surface area contributed by atoms with Gasteiger partial charge in [0.1, 0.15) is 11.3 Å². The second-order valence-corrected chi connectivity index (χ2v) is 3.53. The van der Waals surface area contributed by atoms with E-state index in [9.17, 15) is 0 Å². The normalized spacial score (nSPS) is 12.9. The lowest BCUT2D eigenvalue weighted by molar-refractivity contribution is 0.112. The van der Waals surface area contributed by atoms with Crippen LogP contribution in [-0.2, 0) is 11.2 Å². The third-order valence-electron chi connectivity index (χ3n) is 2.26. The van der Waals surface area contributed by atoms with Gasteiger partial charge in [-0.25, -0.2) is 9.97 Å². The Kier molecular flexibility index (Phi) is 3.84. The van der Waals surface area contributed by atoms with Gasteiger partial charge in [-0.3, -0.25) is 0 Å². The number of aromatic nitrogens is 2. The Morgan fingerprint density at radius 2 is 2.07 bits per heavy atom. The number of aryl methyl sites for hydroxylation is 1. The molecule has 4 heteroatoms. The Labute approximate surface area is 89.5 Å². The molecule has 0 radical (unpaired) electrons. The van der Waals surface area contributed by atoms with E-state index in [-0.39, 0.29) is 6.10 Å². The maximum atomic E-state index is 5.99. The molecular formula is C10H15ClN2O. The van der Waals surface area contributed by atoms with Gasteiger partial charge in [0.15, 0.2) is 5.82 Å². The molecule has 0 amide bonds. The van der Waals surface area contributed by atoms with Gasteiger partial charge < -0.3 is 4.74 Å². The van der Waals surface area contributed by atoms with E-state index in [1.165, 1.54) is 0 Å². The molecular weight excluding hydrogens is 200 g/mol. The second-order valence-electron chi connectivity index (χ2n) is 3.18. The predicted molar refractivity (Wildman–Crippen MR) is 56.6 cm³/mol. The smallest absolute Gasteiger partial charge is 0.158 e. The molecule has 0 spiro atoms. The zero-order valence-electron chi connectivity index (χ0n) is 8.97. The number of hydrogen-bond donors (Lipinski definition) is 0. The van der Waals surface area contributed by atoms with Crippen LogP contribution in [0.1, 0.15) is 37.0 Å². The molecule has 78 valence electrons. The molecule has 0 N–H and O–H groups in total. The van der Waals surface area contributed by atoms with Gasteiger partial charge in [0.25, 0.3) is 0 Å². The summed E-state index contributed by atoms with van der Waals surface area (Å²) in [4.78, 5) is 8.58. The highest BCUT2D eigenvalue weighted by Gasteiger charge is 2.12. The molecule has 0 aliphatic carbocycles. The summed E-state index contributed by atoms with van der Waals surface area (Å²) in [7, 11) is 1.63. The van der Waals surface area contributed by atoms with Crippen LogP contribution in [0.4, 0.5) is 0 Å². The van der Waals surface area contributed by atoms with Crippen molar-refractivity contribution in [2.75, 3.05) is 7.11 Å². The minimum atomic E-state index is -0.113. The van der Waals surface area contributed by atoms with E-state index in [2.05, 4.69) is 9.97 Å². The molecule has 14 heavy (non-hydrogen) atoms. The molecule has 0 aromatic carbocycles. The Balaban J connectivity index is 3.16. The van der Waals surface area contributed by atoms with Crippen molar-refractivity contribution in [2.45, 2.75) is 33.3 Å². The average Bonchev–Trinajstić information content (AvgIpc) is 2.20. The molecule has 1 rings (SSSR count). The Bertz CT molecular complexity index is 328. The molecule has 0 bridgehead atoms. The molecule has 3 nitrogen and oxygen atoms in total. The maximum Gasteiger partial charge on any atom is 0.158 e. The number of halogens is 1. The molecule has 0 saturated carbocycles. The van der Waals surface area contributed by atoms with Gasteiger partial charge in [0.05, 0.1) is 0 Å². The van der Waals surface area contributed by atoms with Crippen LogP contribution >= 0.6 is 11.6 Å². The van der Waals surface area contributed by atoms with E-state index < -0.39 is 0 Å². The summed E-state index contributed by atoms with van der Waals surface area (Å²) in [5.41, 5.74) is 1.95. The Morgan fingerprint density at radius 3 is 2.57 bits per heavy atom. The van der Waals surface area contributed by atoms with Crippen molar-refractivity contribution in [1.29, 1.82) is 0 Å². The van der Waals surface area contributed by atoms with Gasteiger partial charge in [0.2, 0.25) is 0 Å². The quantitative estimate of drug-likeness (QED) is 0.726. The number of hydrogen-bond acceptors (Lipinski definition) is 3. The predicted octanol–water partition coefficient (Wildman–Crippen LogP) is 2.71. The number of nitrogens with zero attached hydrogens (tertiary/aromatic N) is 2. The topological polar surface area (TPSA) is 35.0 Å². The van der Waals surface area contributed by atoms with E-state index in [1.54, 1.807) is 7.11 Å². The summed E-state index contributed by atoms with van der Waals surface area (Å²) in [6.07, 6.45) is 0.746. The summed E-state index contributed by atoms with van der Waals surface area (Å²) < 4.78 is 5.15. The largest absolute Gasteiger partial charge is 0.374 e. The lowest BCUT2D eigenvalue weighted by Gasteiger charge is -2.11. The van der Waals surface area contributed by atoms with Crippen LogP contribution < -0.4 is 0 Å². The number of rotatable bonds is 3.